The molecule has 0 aliphatic rings. The van der Waals surface area contributed by atoms with Crippen molar-refractivity contribution >= 4 is 23.2 Å². The van der Waals surface area contributed by atoms with Gasteiger partial charge < -0.3 is 0 Å². The summed E-state index contributed by atoms with van der Waals surface area (Å²) in [5.74, 6) is -0.441. The monoisotopic (exact) mass is 286 g/mol. The van der Waals surface area contributed by atoms with Gasteiger partial charge in [-0.15, -0.1) is 0 Å². The smallest absolute Gasteiger partial charge is 0.163 e. The van der Waals surface area contributed by atoms with Crippen LogP contribution >= 0.6 is 11.6 Å². The molecule has 0 bridgehead atoms. The van der Waals surface area contributed by atoms with Gasteiger partial charge in [0.2, 0.25) is 0 Å². The van der Waals surface area contributed by atoms with Crippen molar-refractivity contribution in [2.75, 3.05) is 0 Å². The van der Waals surface area contributed by atoms with Crippen molar-refractivity contribution in [1.82, 2.24) is 0 Å². The van der Waals surface area contributed by atoms with Crippen LogP contribution in [-0.2, 0) is 4.79 Å². The van der Waals surface area contributed by atoms with Crippen LogP contribution in [0.4, 0.5) is 0 Å². The van der Waals surface area contributed by atoms with Gasteiger partial charge in [-0.1, -0.05) is 41.9 Å². The van der Waals surface area contributed by atoms with Gasteiger partial charge in [-0.2, -0.15) is 0 Å². The number of hydrogen-bond acceptors (Lipinski definition) is 2. The lowest BCUT2D eigenvalue weighted by atomic mass is 9.89. The van der Waals surface area contributed by atoms with Crippen LogP contribution in [0.3, 0.4) is 0 Å². The van der Waals surface area contributed by atoms with Gasteiger partial charge in [-0.05, 0) is 36.8 Å². The van der Waals surface area contributed by atoms with E-state index in [4.69, 9.17) is 11.6 Å². The first kappa shape index (κ1) is 14.5. The van der Waals surface area contributed by atoms with E-state index in [1.807, 2.05) is 30.3 Å². The van der Waals surface area contributed by atoms with Crippen molar-refractivity contribution in [2.45, 2.75) is 19.3 Å². The third-order valence-electron chi connectivity index (χ3n) is 3.25. The molecule has 2 rings (SSSR count). The molecule has 0 fully saturated rings. The second-order valence-corrected chi connectivity index (χ2v) is 5.14. The predicted octanol–water partition coefficient (Wildman–Crippen LogP) is 4.29. The molecule has 2 nitrogen and oxygen atoms in total. The van der Waals surface area contributed by atoms with Gasteiger partial charge in [0.1, 0.15) is 5.78 Å². The highest BCUT2D eigenvalue weighted by Crippen LogP contribution is 2.23. The zero-order valence-electron chi connectivity index (χ0n) is 11.2. The van der Waals surface area contributed by atoms with E-state index < -0.39 is 0 Å². The molecule has 0 N–H and O–H groups in total. The highest BCUT2D eigenvalue weighted by atomic mass is 35.5. The number of benzene rings is 2. The molecule has 0 spiro atoms. The van der Waals surface area contributed by atoms with Crippen molar-refractivity contribution in [3.8, 4) is 0 Å². The third kappa shape index (κ3) is 3.55. The lowest BCUT2D eigenvalue weighted by Gasteiger charge is -2.13. The molecular formula is C17H15ClO2. The Hall–Kier alpha value is -1.93. The molecule has 20 heavy (non-hydrogen) atoms. The summed E-state index contributed by atoms with van der Waals surface area (Å²) in [4.78, 5) is 24.0. The minimum atomic E-state index is -0.389. The van der Waals surface area contributed by atoms with Crippen molar-refractivity contribution in [3.63, 3.8) is 0 Å². The predicted molar refractivity (Wildman–Crippen MR) is 80.3 cm³/mol. The van der Waals surface area contributed by atoms with Crippen molar-refractivity contribution in [1.29, 1.82) is 0 Å². The van der Waals surface area contributed by atoms with Crippen LogP contribution in [0, 0.1) is 0 Å². The minimum absolute atomic E-state index is 0.00138. The largest absolute Gasteiger partial charge is 0.299 e. The first-order valence-electron chi connectivity index (χ1n) is 6.42. The summed E-state index contributed by atoms with van der Waals surface area (Å²) in [6.07, 6.45) is 0.182. The first-order chi connectivity index (χ1) is 9.58. The summed E-state index contributed by atoms with van der Waals surface area (Å²) in [5.41, 5.74) is 1.46. The Bertz CT molecular complexity index is 603. The topological polar surface area (TPSA) is 34.1 Å². The summed E-state index contributed by atoms with van der Waals surface area (Å²) in [7, 11) is 0. The van der Waals surface area contributed by atoms with E-state index >= 15 is 0 Å². The normalized spacial score (nSPS) is 11.9. The van der Waals surface area contributed by atoms with Gasteiger partial charge in [0.15, 0.2) is 5.78 Å². The number of rotatable bonds is 5. The molecule has 0 aliphatic heterocycles. The molecule has 1 unspecified atom stereocenters. The van der Waals surface area contributed by atoms with Crippen molar-refractivity contribution in [3.05, 3.63) is 70.7 Å². The molecule has 0 radical (unpaired) electrons. The molecule has 1 atom stereocenters. The molecule has 3 heteroatoms. The highest BCUT2D eigenvalue weighted by Gasteiger charge is 2.21. The van der Waals surface area contributed by atoms with E-state index in [1.54, 1.807) is 24.3 Å². The molecule has 0 saturated heterocycles. The molecule has 0 aliphatic carbocycles. The number of halogens is 1. The molecule has 2 aromatic rings. The van der Waals surface area contributed by atoms with Crippen LogP contribution in [0.15, 0.2) is 54.6 Å². The van der Waals surface area contributed by atoms with Gasteiger partial charge >= 0.3 is 0 Å². The highest BCUT2D eigenvalue weighted by molar-refractivity contribution is 6.30. The first-order valence-corrected chi connectivity index (χ1v) is 6.80. The van der Waals surface area contributed by atoms with Crippen molar-refractivity contribution < 1.29 is 9.59 Å². The molecule has 0 saturated carbocycles. The molecule has 0 amide bonds. The Balaban J connectivity index is 2.19. The molecule has 102 valence electrons. The fourth-order valence-electron chi connectivity index (χ4n) is 2.12. The van der Waals surface area contributed by atoms with Crippen LogP contribution in [0.5, 0.6) is 0 Å². The van der Waals surface area contributed by atoms with Gasteiger partial charge in [-0.25, -0.2) is 0 Å². The van der Waals surface area contributed by atoms with Crippen LogP contribution in [0.25, 0.3) is 0 Å². The van der Waals surface area contributed by atoms with Gasteiger partial charge in [0.25, 0.3) is 0 Å². The quantitative estimate of drug-likeness (QED) is 0.769. The average Bonchev–Trinajstić information content (AvgIpc) is 2.46. The average molecular weight is 287 g/mol. The molecule has 0 heterocycles. The number of ketones is 2. The van der Waals surface area contributed by atoms with Crippen LogP contribution in [-0.4, -0.2) is 11.6 Å². The summed E-state index contributed by atoms with van der Waals surface area (Å²) in [5, 5.41) is 0.590. The summed E-state index contributed by atoms with van der Waals surface area (Å²) >= 11 is 5.80. The lowest BCUT2D eigenvalue weighted by Crippen LogP contribution is -2.14. The van der Waals surface area contributed by atoms with E-state index in [9.17, 15) is 9.59 Å². The Morgan fingerprint density at radius 1 is 1.00 bits per heavy atom. The standard InChI is InChI=1S/C17H15ClO2/c1-12(19)16(13-5-3-2-4-6-13)11-17(20)14-7-9-15(18)10-8-14/h2-10,16H,11H2,1H3. The van der Waals surface area contributed by atoms with Crippen LogP contribution in [0.1, 0.15) is 35.2 Å². The Labute approximate surface area is 123 Å². The van der Waals surface area contributed by atoms with E-state index in [0.29, 0.717) is 10.6 Å². The van der Waals surface area contributed by atoms with E-state index in [0.717, 1.165) is 5.56 Å². The SMILES string of the molecule is CC(=O)C(CC(=O)c1ccc(Cl)cc1)c1ccccc1. The Morgan fingerprint density at radius 2 is 1.60 bits per heavy atom. The van der Waals surface area contributed by atoms with Gasteiger partial charge in [-0.3, -0.25) is 9.59 Å². The number of carbonyl (C=O) groups is 2. The van der Waals surface area contributed by atoms with E-state index in [1.165, 1.54) is 6.92 Å². The van der Waals surface area contributed by atoms with Gasteiger partial charge in [0, 0.05) is 22.9 Å². The second-order valence-electron chi connectivity index (χ2n) is 4.71. The third-order valence-corrected chi connectivity index (χ3v) is 3.50. The van der Waals surface area contributed by atoms with E-state index in [-0.39, 0.29) is 23.9 Å². The molecule has 2 aromatic carbocycles. The zero-order valence-corrected chi connectivity index (χ0v) is 11.9. The number of carbonyl (C=O) groups excluding carboxylic acids is 2. The summed E-state index contributed by atoms with van der Waals surface area (Å²) in [6.45, 7) is 1.52. The number of Topliss-reactive ketones (excluding diaryl/α,β-unsaturated/α-hetero) is 2. The molecule has 0 aromatic heterocycles. The minimum Gasteiger partial charge on any atom is -0.299 e. The fourth-order valence-corrected chi connectivity index (χ4v) is 2.25. The Kier molecular flexibility index (Phi) is 4.70. The summed E-state index contributed by atoms with van der Waals surface area (Å²) in [6, 6.07) is 16.1. The zero-order chi connectivity index (χ0) is 14.5. The fraction of sp³-hybridized carbons (Fsp3) is 0.176. The van der Waals surface area contributed by atoms with E-state index in [2.05, 4.69) is 0 Å². The molecular weight excluding hydrogens is 272 g/mol. The van der Waals surface area contributed by atoms with Crippen LogP contribution < -0.4 is 0 Å². The van der Waals surface area contributed by atoms with Crippen molar-refractivity contribution in [2.24, 2.45) is 0 Å². The Morgan fingerprint density at radius 3 is 2.15 bits per heavy atom. The maximum atomic E-state index is 12.2. The summed E-state index contributed by atoms with van der Waals surface area (Å²) < 4.78 is 0. The second kappa shape index (κ2) is 6.49. The lowest BCUT2D eigenvalue weighted by molar-refractivity contribution is -0.118. The number of hydrogen-bond donors (Lipinski definition) is 0. The van der Waals surface area contributed by atoms with Crippen LogP contribution in [0.2, 0.25) is 5.02 Å². The maximum Gasteiger partial charge on any atom is 0.163 e. The maximum absolute atomic E-state index is 12.2. The van der Waals surface area contributed by atoms with Gasteiger partial charge in [0.05, 0.1) is 0 Å².